The van der Waals surface area contributed by atoms with Gasteiger partial charge < -0.3 is 14.4 Å². The van der Waals surface area contributed by atoms with Crippen LogP contribution in [0.15, 0.2) is 0 Å². The van der Waals surface area contributed by atoms with E-state index in [0.29, 0.717) is 45.9 Å². The monoisotopic (exact) mass is 375 g/mol. The van der Waals surface area contributed by atoms with Crippen molar-refractivity contribution in [1.29, 1.82) is 0 Å². The summed E-state index contributed by atoms with van der Waals surface area (Å²) in [5, 5.41) is 0. The largest absolute Gasteiger partial charge is 0.378 e. The lowest BCUT2D eigenvalue weighted by Crippen LogP contribution is -2.56. The molecule has 0 N–H and O–H groups in total. The molecule has 3 fully saturated rings. The summed E-state index contributed by atoms with van der Waals surface area (Å²) < 4.78 is 40.0. The second-order valence-electron chi connectivity index (χ2n) is 7.22. The summed E-state index contributed by atoms with van der Waals surface area (Å²) in [4.78, 5) is 14.5. The van der Waals surface area contributed by atoms with Crippen LogP contribution in [0.4, 0.5) is 0 Å². The van der Waals surface area contributed by atoms with E-state index in [0.717, 1.165) is 12.8 Å². The predicted octanol–water partition coefficient (Wildman–Crippen LogP) is -0.0888. The quantitative estimate of drug-likeness (QED) is 0.689. The fourth-order valence-electron chi connectivity index (χ4n) is 3.88. The molecule has 3 atom stereocenters. The first-order valence-electron chi connectivity index (χ1n) is 9.15. The highest BCUT2D eigenvalue weighted by molar-refractivity contribution is 7.86. The number of piperidine rings is 1. The van der Waals surface area contributed by atoms with E-state index >= 15 is 0 Å². The average Bonchev–Trinajstić information content (AvgIpc) is 2.61. The lowest BCUT2D eigenvalue weighted by Gasteiger charge is -2.40. The van der Waals surface area contributed by atoms with Crippen molar-refractivity contribution >= 4 is 16.1 Å². The molecule has 0 aliphatic carbocycles. The van der Waals surface area contributed by atoms with Gasteiger partial charge in [-0.3, -0.25) is 4.79 Å². The number of hydrogen-bond donors (Lipinski definition) is 0. The van der Waals surface area contributed by atoms with Crippen molar-refractivity contribution < 1.29 is 22.7 Å². The molecule has 25 heavy (non-hydrogen) atoms. The van der Waals surface area contributed by atoms with Gasteiger partial charge in [0, 0.05) is 39.3 Å². The highest BCUT2D eigenvalue weighted by Crippen LogP contribution is 2.25. The van der Waals surface area contributed by atoms with E-state index in [2.05, 4.69) is 0 Å². The smallest absolute Gasteiger partial charge is 0.282 e. The number of carbonyl (C=O) groups is 1. The van der Waals surface area contributed by atoms with Crippen LogP contribution in [0.5, 0.6) is 0 Å². The summed E-state index contributed by atoms with van der Waals surface area (Å²) in [6.45, 7) is 7.58. The van der Waals surface area contributed by atoms with Gasteiger partial charge in [0.25, 0.3) is 10.2 Å². The normalized spacial score (nSPS) is 33.4. The topological polar surface area (TPSA) is 79.4 Å². The second-order valence-corrected chi connectivity index (χ2v) is 9.15. The van der Waals surface area contributed by atoms with Gasteiger partial charge in [0.1, 0.15) is 0 Å². The summed E-state index contributed by atoms with van der Waals surface area (Å²) in [7, 11) is -3.56. The summed E-state index contributed by atoms with van der Waals surface area (Å²) >= 11 is 0. The van der Waals surface area contributed by atoms with Crippen LogP contribution in [0, 0.1) is 5.92 Å². The molecule has 3 rings (SSSR count). The number of carbonyl (C=O) groups excluding carboxylic acids is 1. The van der Waals surface area contributed by atoms with Crippen LogP contribution in [0.1, 0.15) is 26.7 Å². The molecular formula is C16H29N3O5S. The third-order valence-electron chi connectivity index (χ3n) is 5.09. The molecule has 3 aliphatic heterocycles. The van der Waals surface area contributed by atoms with E-state index in [1.54, 1.807) is 0 Å². The Labute approximate surface area is 150 Å². The maximum Gasteiger partial charge on any atom is 0.282 e. The summed E-state index contributed by atoms with van der Waals surface area (Å²) in [5.41, 5.74) is 0. The minimum Gasteiger partial charge on any atom is -0.378 e. The van der Waals surface area contributed by atoms with Gasteiger partial charge in [0.2, 0.25) is 5.91 Å². The van der Waals surface area contributed by atoms with Gasteiger partial charge in [-0.25, -0.2) is 0 Å². The number of morpholine rings is 2. The van der Waals surface area contributed by atoms with Gasteiger partial charge in [-0.1, -0.05) is 0 Å². The Kier molecular flexibility index (Phi) is 5.99. The van der Waals surface area contributed by atoms with Gasteiger partial charge in [-0.15, -0.1) is 0 Å². The number of hydrogen-bond acceptors (Lipinski definition) is 5. The van der Waals surface area contributed by atoms with Crippen LogP contribution in [0.2, 0.25) is 0 Å². The number of nitrogens with zero attached hydrogens (tertiary/aromatic N) is 3. The van der Waals surface area contributed by atoms with E-state index in [4.69, 9.17) is 9.47 Å². The Morgan fingerprint density at radius 1 is 0.960 bits per heavy atom. The minimum atomic E-state index is -3.56. The zero-order valence-electron chi connectivity index (χ0n) is 15.1. The molecular weight excluding hydrogens is 346 g/mol. The molecule has 0 aromatic heterocycles. The van der Waals surface area contributed by atoms with Crippen molar-refractivity contribution in [1.82, 2.24) is 13.5 Å². The van der Waals surface area contributed by atoms with Gasteiger partial charge in [0.15, 0.2) is 0 Å². The van der Waals surface area contributed by atoms with Gasteiger partial charge >= 0.3 is 0 Å². The first-order chi connectivity index (χ1) is 11.9. The lowest BCUT2D eigenvalue weighted by atomic mass is 9.98. The summed E-state index contributed by atoms with van der Waals surface area (Å²) in [6, 6.07) is 0. The highest BCUT2D eigenvalue weighted by atomic mass is 32.2. The van der Waals surface area contributed by atoms with Crippen LogP contribution in [0.25, 0.3) is 0 Å². The molecule has 0 spiro atoms. The van der Waals surface area contributed by atoms with Crippen LogP contribution in [-0.2, 0) is 24.5 Å². The third-order valence-corrected chi connectivity index (χ3v) is 7.03. The maximum absolute atomic E-state index is 13.0. The molecule has 9 heteroatoms. The summed E-state index contributed by atoms with van der Waals surface area (Å²) in [6.07, 6.45) is 1.23. The molecule has 3 aliphatic rings. The number of ether oxygens (including phenoxy) is 2. The molecule has 144 valence electrons. The zero-order chi connectivity index (χ0) is 18.0. The van der Waals surface area contributed by atoms with Crippen LogP contribution in [-0.4, -0.2) is 92.5 Å². The molecule has 0 aromatic carbocycles. The standard InChI is InChI=1S/C16H29N3O5S/c1-13-10-19(11-14(2)24-13)25(21,22)18-5-3-4-15(12-18)16(20)17-6-8-23-9-7-17/h13-15H,3-12H2,1-2H3. The molecule has 0 aromatic rings. The van der Waals surface area contributed by atoms with Crippen LogP contribution >= 0.6 is 0 Å². The first kappa shape index (κ1) is 19.0. The highest BCUT2D eigenvalue weighted by Gasteiger charge is 2.39. The van der Waals surface area contributed by atoms with Gasteiger partial charge in [-0.2, -0.15) is 17.0 Å². The Morgan fingerprint density at radius 2 is 1.60 bits per heavy atom. The Bertz CT molecular complexity index is 568. The molecule has 8 nitrogen and oxygen atoms in total. The lowest BCUT2D eigenvalue weighted by molar-refractivity contribution is -0.140. The molecule has 0 radical (unpaired) electrons. The molecule has 3 unspecified atom stereocenters. The average molecular weight is 375 g/mol. The fourth-order valence-corrected chi connectivity index (χ4v) is 5.73. The van der Waals surface area contributed by atoms with Crippen LogP contribution < -0.4 is 0 Å². The molecule has 1 amide bonds. The molecule has 0 bridgehead atoms. The van der Waals surface area contributed by atoms with Crippen molar-refractivity contribution in [3.63, 3.8) is 0 Å². The minimum absolute atomic E-state index is 0.0620. The SMILES string of the molecule is CC1CN(S(=O)(=O)N2CCCC(C(=O)N3CCOCC3)C2)CC(C)O1. The third kappa shape index (κ3) is 4.33. The predicted molar refractivity (Wildman–Crippen MR) is 92.2 cm³/mol. The van der Waals surface area contributed by atoms with E-state index in [9.17, 15) is 13.2 Å². The van der Waals surface area contributed by atoms with Gasteiger partial charge in [-0.05, 0) is 26.7 Å². The maximum atomic E-state index is 13.0. The first-order valence-corrected chi connectivity index (χ1v) is 10.5. The fraction of sp³-hybridized carbons (Fsp3) is 0.938. The van der Waals surface area contributed by atoms with Crippen molar-refractivity contribution in [2.75, 3.05) is 52.5 Å². The van der Waals surface area contributed by atoms with E-state index < -0.39 is 10.2 Å². The zero-order valence-corrected chi connectivity index (χ0v) is 15.9. The Hall–Kier alpha value is -0.740. The van der Waals surface area contributed by atoms with Crippen molar-refractivity contribution in [2.24, 2.45) is 5.92 Å². The van der Waals surface area contributed by atoms with Crippen molar-refractivity contribution in [3.8, 4) is 0 Å². The number of rotatable bonds is 3. The molecule has 0 saturated carbocycles. The van der Waals surface area contributed by atoms with Gasteiger partial charge in [0.05, 0.1) is 31.3 Å². The van der Waals surface area contributed by atoms with Crippen molar-refractivity contribution in [3.05, 3.63) is 0 Å². The Morgan fingerprint density at radius 3 is 2.24 bits per heavy atom. The van der Waals surface area contributed by atoms with E-state index in [1.807, 2.05) is 18.7 Å². The molecule has 3 saturated heterocycles. The molecule has 3 heterocycles. The van der Waals surface area contributed by atoms with Crippen molar-refractivity contribution in [2.45, 2.75) is 38.9 Å². The van der Waals surface area contributed by atoms with Crippen LogP contribution in [0.3, 0.4) is 0 Å². The number of amides is 1. The van der Waals surface area contributed by atoms with E-state index in [-0.39, 0.29) is 30.6 Å². The Balaban J connectivity index is 1.66. The second kappa shape index (κ2) is 7.87. The summed E-state index contributed by atoms with van der Waals surface area (Å²) in [5.74, 6) is -0.190. The van der Waals surface area contributed by atoms with E-state index in [1.165, 1.54) is 8.61 Å².